The van der Waals surface area contributed by atoms with Crippen LogP contribution in [0, 0.1) is 0 Å². The lowest BCUT2D eigenvalue weighted by atomic mass is 10.00. The second kappa shape index (κ2) is 4.72. The van der Waals surface area contributed by atoms with Gasteiger partial charge in [0.25, 0.3) is 0 Å². The summed E-state index contributed by atoms with van der Waals surface area (Å²) in [7, 11) is 1.60. The van der Waals surface area contributed by atoms with Crippen LogP contribution in [0.15, 0.2) is 0 Å². The number of nitrogens with zero attached hydrogens (tertiary/aromatic N) is 1. The highest BCUT2D eigenvalue weighted by Crippen LogP contribution is 2.23. The lowest BCUT2D eigenvalue weighted by Gasteiger charge is -2.41. The number of carbonyl (C=O) groups is 2. The zero-order valence-corrected chi connectivity index (χ0v) is 10.4. The Hall–Kier alpha value is -1.26. The number of hydrogen-bond acceptors (Lipinski definition) is 3. The predicted molar refractivity (Wildman–Crippen MR) is 60.0 cm³/mol. The number of ether oxygens (including phenoxy) is 1. The third-order valence-corrected chi connectivity index (χ3v) is 2.47. The molecule has 0 radical (unpaired) electrons. The molecule has 0 unspecified atom stereocenters. The highest BCUT2D eigenvalue weighted by atomic mass is 16.6. The van der Waals surface area contributed by atoms with Crippen LogP contribution in [-0.4, -0.2) is 42.1 Å². The molecular formula is C11H20N2O3. The largest absolute Gasteiger partial charge is 0.444 e. The van der Waals surface area contributed by atoms with Gasteiger partial charge in [0.05, 0.1) is 0 Å². The van der Waals surface area contributed by atoms with Gasteiger partial charge in [-0.1, -0.05) is 0 Å². The Labute approximate surface area is 96.1 Å². The van der Waals surface area contributed by atoms with Gasteiger partial charge in [0.15, 0.2) is 0 Å². The van der Waals surface area contributed by atoms with Gasteiger partial charge in [-0.15, -0.1) is 0 Å². The fourth-order valence-electron chi connectivity index (χ4n) is 1.53. The van der Waals surface area contributed by atoms with E-state index in [2.05, 4.69) is 5.32 Å². The van der Waals surface area contributed by atoms with Crippen molar-refractivity contribution in [3.63, 3.8) is 0 Å². The fourth-order valence-corrected chi connectivity index (χ4v) is 1.53. The van der Waals surface area contributed by atoms with Gasteiger partial charge in [0.2, 0.25) is 5.91 Å². The molecule has 1 atom stereocenters. The molecule has 0 saturated carbocycles. The Kier molecular flexibility index (Phi) is 3.78. The molecule has 0 spiro atoms. The maximum Gasteiger partial charge on any atom is 0.410 e. The molecule has 1 fully saturated rings. The zero-order valence-electron chi connectivity index (χ0n) is 10.4. The molecule has 0 bridgehead atoms. The molecule has 1 N–H and O–H groups in total. The van der Waals surface area contributed by atoms with Crippen LogP contribution in [0.3, 0.4) is 0 Å². The van der Waals surface area contributed by atoms with Gasteiger partial charge in [0, 0.05) is 26.1 Å². The van der Waals surface area contributed by atoms with Gasteiger partial charge in [-0.25, -0.2) is 4.79 Å². The molecule has 0 aromatic heterocycles. The minimum atomic E-state index is -0.482. The third-order valence-electron chi connectivity index (χ3n) is 2.47. The van der Waals surface area contributed by atoms with E-state index in [1.54, 1.807) is 11.9 Å². The van der Waals surface area contributed by atoms with Crippen molar-refractivity contribution in [3.8, 4) is 0 Å². The number of likely N-dealkylation sites (tertiary alicyclic amines) is 1. The van der Waals surface area contributed by atoms with E-state index in [0.717, 1.165) is 6.42 Å². The average molecular weight is 228 g/mol. The monoisotopic (exact) mass is 228 g/mol. The van der Waals surface area contributed by atoms with Crippen molar-refractivity contribution in [2.45, 2.75) is 45.3 Å². The van der Waals surface area contributed by atoms with Crippen molar-refractivity contribution < 1.29 is 14.3 Å². The molecule has 16 heavy (non-hydrogen) atoms. The molecule has 92 valence electrons. The summed E-state index contributed by atoms with van der Waals surface area (Å²) in [6, 6.07) is -0.00481. The summed E-state index contributed by atoms with van der Waals surface area (Å²) in [6.45, 7) is 6.17. The van der Waals surface area contributed by atoms with Crippen LogP contribution in [0.5, 0.6) is 0 Å². The van der Waals surface area contributed by atoms with Crippen LogP contribution >= 0.6 is 0 Å². The van der Waals surface area contributed by atoms with E-state index in [0.29, 0.717) is 13.0 Å². The molecule has 0 aromatic carbocycles. The Morgan fingerprint density at radius 3 is 2.44 bits per heavy atom. The molecule has 5 heteroatoms. The maximum absolute atomic E-state index is 11.7. The smallest absolute Gasteiger partial charge is 0.410 e. The predicted octanol–water partition coefficient (Wildman–Crippen LogP) is 1.13. The first kappa shape index (κ1) is 12.8. The summed E-state index contributed by atoms with van der Waals surface area (Å²) >= 11 is 0. The summed E-state index contributed by atoms with van der Waals surface area (Å²) in [4.78, 5) is 24.5. The summed E-state index contributed by atoms with van der Waals surface area (Å²) < 4.78 is 5.24. The van der Waals surface area contributed by atoms with Crippen molar-refractivity contribution in [2.75, 3.05) is 13.6 Å². The molecule has 1 saturated heterocycles. The molecular weight excluding hydrogens is 208 g/mol. The first-order valence-corrected chi connectivity index (χ1v) is 5.53. The normalized spacial score (nSPS) is 20.0. The van der Waals surface area contributed by atoms with Gasteiger partial charge < -0.3 is 15.0 Å². The Morgan fingerprint density at radius 2 is 2.06 bits per heavy atom. The van der Waals surface area contributed by atoms with Crippen LogP contribution in [0.4, 0.5) is 4.79 Å². The number of amides is 2. The third kappa shape index (κ3) is 3.40. The van der Waals surface area contributed by atoms with E-state index in [-0.39, 0.29) is 18.0 Å². The van der Waals surface area contributed by atoms with Gasteiger partial charge in [-0.2, -0.15) is 0 Å². The first-order valence-electron chi connectivity index (χ1n) is 5.53. The highest BCUT2D eigenvalue weighted by molar-refractivity contribution is 5.78. The summed E-state index contributed by atoms with van der Waals surface area (Å²) in [5, 5.41) is 2.55. The summed E-state index contributed by atoms with van der Waals surface area (Å²) in [5.41, 5.74) is -0.482. The number of rotatable bonds is 2. The molecule has 1 aliphatic heterocycles. The molecule has 1 heterocycles. The second-order valence-electron chi connectivity index (χ2n) is 4.99. The van der Waals surface area contributed by atoms with E-state index >= 15 is 0 Å². The van der Waals surface area contributed by atoms with Crippen molar-refractivity contribution in [1.82, 2.24) is 10.2 Å². The average Bonchev–Trinajstić information content (AvgIpc) is 2.08. The summed E-state index contributed by atoms with van der Waals surface area (Å²) in [5.74, 6) is -0.0433. The van der Waals surface area contributed by atoms with Crippen LogP contribution in [-0.2, 0) is 9.53 Å². The van der Waals surface area contributed by atoms with Crippen LogP contribution in [0.1, 0.15) is 33.6 Å². The number of nitrogens with one attached hydrogen (secondary N) is 1. The first-order chi connectivity index (χ1) is 7.33. The lowest BCUT2D eigenvalue weighted by molar-refractivity contribution is -0.122. The van der Waals surface area contributed by atoms with Crippen molar-refractivity contribution in [3.05, 3.63) is 0 Å². The van der Waals surface area contributed by atoms with E-state index in [1.807, 2.05) is 20.8 Å². The minimum Gasteiger partial charge on any atom is -0.444 e. The minimum absolute atomic E-state index is 0.00481. The topological polar surface area (TPSA) is 58.6 Å². The Bertz CT molecular complexity index is 283. The second-order valence-corrected chi connectivity index (χ2v) is 4.99. The SMILES string of the molecule is CNC(=O)C[C@H]1CCN1C(=O)OC(C)(C)C. The van der Waals surface area contributed by atoms with Crippen LogP contribution < -0.4 is 5.32 Å². The quantitative estimate of drug-likeness (QED) is 0.770. The van der Waals surface area contributed by atoms with Crippen LogP contribution in [0.2, 0.25) is 0 Å². The van der Waals surface area contributed by atoms with E-state index in [1.165, 1.54) is 0 Å². The summed E-state index contributed by atoms with van der Waals surface area (Å²) in [6.07, 6.45) is 0.898. The number of carbonyl (C=O) groups excluding carboxylic acids is 2. The molecule has 5 nitrogen and oxygen atoms in total. The standard InChI is InChI=1S/C11H20N2O3/c1-11(2,3)16-10(15)13-6-5-8(13)7-9(14)12-4/h8H,5-7H2,1-4H3,(H,12,14)/t8-/m1/s1. The van der Waals surface area contributed by atoms with E-state index in [9.17, 15) is 9.59 Å². The molecule has 1 aliphatic rings. The molecule has 1 rings (SSSR count). The van der Waals surface area contributed by atoms with Gasteiger partial charge in [-0.05, 0) is 27.2 Å². The highest BCUT2D eigenvalue weighted by Gasteiger charge is 2.36. The van der Waals surface area contributed by atoms with Crippen molar-refractivity contribution in [1.29, 1.82) is 0 Å². The zero-order chi connectivity index (χ0) is 12.3. The van der Waals surface area contributed by atoms with Crippen molar-refractivity contribution >= 4 is 12.0 Å². The van der Waals surface area contributed by atoms with E-state index in [4.69, 9.17) is 4.74 Å². The number of hydrogen-bond donors (Lipinski definition) is 1. The Morgan fingerprint density at radius 1 is 1.44 bits per heavy atom. The van der Waals surface area contributed by atoms with Gasteiger partial charge in [-0.3, -0.25) is 4.79 Å². The molecule has 0 aromatic rings. The lowest BCUT2D eigenvalue weighted by Crippen LogP contribution is -2.54. The van der Waals surface area contributed by atoms with Crippen molar-refractivity contribution in [2.24, 2.45) is 0 Å². The Balaban J connectivity index is 2.43. The van der Waals surface area contributed by atoms with Gasteiger partial charge in [0.1, 0.15) is 5.60 Å². The van der Waals surface area contributed by atoms with E-state index < -0.39 is 5.60 Å². The molecule has 2 amide bonds. The van der Waals surface area contributed by atoms with Gasteiger partial charge >= 0.3 is 6.09 Å². The fraction of sp³-hybridized carbons (Fsp3) is 0.818. The maximum atomic E-state index is 11.7. The van der Waals surface area contributed by atoms with Crippen LogP contribution in [0.25, 0.3) is 0 Å². The molecule has 0 aliphatic carbocycles.